The van der Waals surface area contributed by atoms with Crippen LogP contribution in [-0.2, 0) is 0 Å². The Morgan fingerprint density at radius 2 is 2.00 bits per heavy atom. The van der Waals surface area contributed by atoms with Crippen LogP contribution in [0.1, 0.15) is 10.7 Å². The molecule has 1 N–H and O–H groups in total. The first-order valence-electron chi connectivity index (χ1n) is 4.17. The Bertz CT molecular complexity index is 538. The Morgan fingerprint density at radius 1 is 1.35 bits per heavy atom. The van der Waals surface area contributed by atoms with Crippen molar-refractivity contribution >= 4 is 23.2 Å². The van der Waals surface area contributed by atoms with Crippen molar-refractivity contribution in [2.45, 2.75) is 0 Å². The van der Waals surface area contributed by atoms with Crippen molar-refractivity contribution in [2.75, 3.05) is 5.32 Å². The lowest BCUT2D eigenvalue weighted by atomic mass is 10.5. The van der Waals surface area contributed by atoms with Crippen LogP contribution in [0, 0.1) is 12.0 Å². The van der Waals surface area contributed by atoms with E-state index >= 15 is 0 Å². The molecule has 88 valence electrons. The minimum atomic E-state index is -1.55. The molecule has 2 aromatic heterocycles. The standard InChI is InChI=1S/C8H3ClF2N4O2/c9-8-12-1-3(2-13-8)14-6(16)7-15-4(10)5(11)17-7/h1-2H,(H,14,16). The summed E-state index contributed by atoms with van der Waals surface area (Å²) >= 11 is 5.42. The number of nitrogens with zero attached hydrogens (tertiary/aromatic N) is 3. The minimum absolute atomic E-state index is 0.00351. The molecule has 0 aromatic carbocycles. The number of aromatic nitrogens is 3. The summed E-state index contributed by atoms with van der Waals surface area (Å²) in [5.41, 5.74) is 0.179. The number of halogens is 3. The van der Waals surface area contributed by atoms with Crippen LogP contribution >= 0.6 is 11.6 Å². The van der Waals surface area contributed by atoms with Crippen LogP contribution < -0.4 is 5.32 Å². The monoisotopic (exact) mass is 260 g/mol. The van der Waals surface area contributed by atoms with E-state index in [-0.39, 0.29) is 11.0 Å². The van der Waals surface area contributed by atoms with Gasteiger partial charge in [-0.2, -0.15) is 13.8 Å². The Hall–Kier alpha value is -2.09. The van der Waals surface area contributed by atoms with Crippen molar-refractivity contribution < 1.29 is 18.0 Å². The Labute approximate surface area is 97.7 Å². The minimum Gasteiger partial charge on any atom is -0.404 e. The second-order valence-corrected chi connectivity index (χ2v) is 3.12. The van der Waals surface area contributed by atoms with Crippen molar-refractivity contribution in [3.8, 4) is 0 Å². The van der Waals surface area contributed by atoms with Crippen LogP contribution in [0.15, 0.2) is 16.8 Å². The van der Waals surface area contributed by atoms with E-state index in [2.05, 4.69) is 24.7 Å². The van der Waals surface area contributed by atoms with Crippen LogP contribution in [0.25, 0.3) is 0 Å². The molecule has 0 saturated carbocycles. The van der Waals surface area contributed by atoms with Crippen LogP contribution in [-0.4, -0.2) is 20.9 Å². The van der Waals surface area contributed by atoms with E-state index in [1.807, 2.05) is 0 Å². The highest BCUT2D eigenvalue weighted by atomic mass is 35.5. The van der Waals surface area contributed by atoms with E-state index in [0.717, 1.165) is 0 Å². The first-order valence-corrected chi connectivity index (χ1v) is 4.55. The third kappa shape index (κ3) is 2.53. The molecular formula is C8H3ClF2N4O2. The predicted octanol–water partition coefficient (Wildman–Crippen LogP) is 1.65. The molecule has 2 aromatic rings. The number of hydrogen-bond acceptors (Lipinski definition) is 5. The van der Waals surface area contributed by atoms with Crippen LogP contribution in [0.5, 0.6) is 0 Å². The molecule has 6 nitrogen and oxygen atoms in total. The fraction of sp³-hybridized carbons (Fsp3) is 0. The van der Waals surface area contributed by atoms with E-state index in [9.17, 15) is 13.6 Å². The molecule has 0 spiro atoms. The van der Waals surface area contributed by atoms with Crippen molar-refractivity contribution in [3.63, 3.8) is 0 Å². The molecule has 0 aliphatic heterocycles. The first kappa shape index (κ1) is 11.4. The topological polar surface area (TPSA) is 80.9 Å². The fourth-order valence-corrected chi connectivity index (χ4v) is 1.04. The zero-order valence-corrected chi connectivity index (χ0v) is 8.70. The number of nitrogens with one attached hydrogen (secondary N) is 1. The third-order valence-electron chi connectivity index (χ3n) is 1.62. The van der Waals surface area contributed by atoms with Gasteiger partial charge in [-0.15, -0.1) is 0 Å². The van der Waals surface area contributed by atoms with E-state index < -0.39 is 23.8 Å². The van der Waals surface area contributed by atoms with Gasteiger partial charge in [0.15, 0.2) is 0 Å². The maximum absolute atomic E-state index is 12.5. The summed E-state index contributed by atoms with van der Waals surface area (Å²) in [4.78, 5) is 21.5. The first-order chi connectivity index (χ1) is 8.06. The van der Waals surface area contributed by atoms with Gasteiger partial charge in [0.2, 0.25) is 5.28 Å². The molecule has 17 heavy (non-hydrogen) atoms. The number of amides is 1. The summed E-state index contributed by atoms with van der Waals surface area (Å²) < 4.78 is 29.1. The van der Waals surface area contributed by atoms with Gasteiger partial charge >= 0.3 is 11.9 Å². The lowest BCUT2D eigenvalue weighted by molar-refractivity contribution is 0.0981. The molecule has 9 heteroatoms. The summed E-state index contributed by atoms with van der Waals surface area (Å²) in [6.07, 6.45) is 2.42. The smallest absolute Gasteiger partial charge is 0.336 e. The SMILES string of the molecule is O=C(Nc1cnc(Cl)nc1)c1nc(F)c(F)o1. The van der Waals surface area contributed by atoms with Crippen molar-refractivity contribution in [1.29, 1.82) is 0 Å². The Morgan fingerprint density at radius 3 is 2.53 bits per heavy atom. The average molecular weight is 261 g/mol. The number of rotatable bonds is 2. The van der Waals surface area contributed by atoms with Gasteiger partial charge in [0.25, 0.3) is 11.8 Å². The molecule has 2 rings (SSSR count). The lowest BCUT2D eigenvalue weighted by Crippen LogP contribution is -2.12. The third-order valence-corrected chi connectivity index (χ3v) is 1.82. The second-order valence-electron chi connectivity index (χ2n) is 2.78. The number of carbonyl (C=O) groups is 1. The van der Waals surface area contributed by atoms with Gasteiger partial charge in [-0.25, -0.2) is 9.97 Å². The summed E-state index contributed by atoms with van der Waals surface area (Å²) in [5, 5.41) is 2.21. The Kier molecular flexibility index (Phi) is 2.96. The number of oxazole rings is 1. The number of hydrogen-bond donors (Lipinski definition) is 1. The quantitative estimate of drug-likeness (QED) is 0.830. The molecule has 0 radical (unpaired) electrons. The molecule has 0 saturated heterocycles. The fourth-order valence-electron chi connectivity index (χ4n) is 0.941. The van der Waals surface area contributed by atoms with Gasteiger partial charge in [-0.05, 0) is 11.6 Å². The molecule has 0 bridgehead atoms. The number of anilines is 1. The van der Waals surface area contributed by atoms with Crippen molar-refractivity contribution in [1.82, 2.24) is 15.0 Å². The molecular weight excluding hydrogens is 258 g/mol. The van der Waals surface area contributed by atoms with Gasteiger partial charge in [0.05, 0.1) is 18.1 Å². The molecule has 1 amide bonds. The Balaban J connectivity index is 2.14. The van der Waals surface area contributed by atoms with Gasteiger partial charge in [0.1, 0.15) is 0 Å². The molecule has 0 aliphatic rings. The summed E-state index contributed by atoms with van der Waals surface area (Å²) in [5.74, 6) is -3.16. The van der Waals surface area contributed by atoms with Crippen molar-refractivity contribution in [3.05, 3.63) is 35.5 Å². The lowest BCUT2D eigenvalue weighted by Gasteiger charge is -2.00. The van der Waals surface area contributed by atoms with Crippen LogP contribution in [0.2, 0.25) is 5.28 Å². The summed E-state index contributed by atoms with van der Waals surface area (Å²) in [6.45, 7) is 0. The maximum Gasteiger partial charge on any atom is 0.336 e. The highest BCUT2D eigenvalue weighted by Gasteiger charge is 2.19. The maximum atomic E-state index is 12.5. The number of carbonyl (C=O) groups excluding carboxylic acids is 1. The van der Waals surface area contributed by atoms with Gasteiger partial charge in [-0.1, -0.05) is 0 Å². The molecule has 0 atom stereocenters. The van der Waals surface area contributed by atoms with Gasteiger partial charge in [0, 0.05) is 0 Å². The van der Waals surface area contributed by atoms with Crippen molar-refractivity contribution in [2.24, 2.45) is 0 Å². The van der Waals surface area contributed by atoms with E-state index in [1.54, 1.807) is 0 Å². The normalized spacial score (nSPS) is 10.3. The van der Waals surface area contributed by atoms with Gasteiger partial charge in [-0.3, -0.25) is 4.79 Å². The zero-order valence-electron chi connectivity index (χ0n) is 7.95. The largest absolute Gasteiger partial charge is 0.404 e. The highest BCUT2D eigenvalue weighted by molar-refractivity contribution is 6.28. The van der Waals surface area contributed by atoms with E-state index in [1.165, 1.54) is 12.4 Å². The van der Waals surface area contributed by atoms with Gasteiger partial charge < -0.3 is 9.73 Å². The average Bonchev–Trinajstić information content (AvgIpc) is 2.63. The summed E-state index contributed by atoms with van der Waals surface area (Å²) in [6, 6.07) is -1.55. The highest BCUT2D eigenvalue weighted by Crippen LogP contribution is 2.10. The molecule has 0 unspecified atom stereocenters. The second kappa shape index (κ2) is 4.42. The molecule has 0 aliphatic carbocycles. The molecule has 2 heterocycles. The van der Waals surface area contributed by atoms with Crippen LogP contribution in [0.3, 0.4) is 0 Å². The summed E-state index contributed by atoms with van der Waals surface area (Å²) in [7, 11) is 0. The van der Waals surface area contributed by atoms with Crippen LogP contribution in [0.4, 0.5) is 14.5 Å². The predicted molar refractivity (Wildman–Crippen MR) is 51.4 cm³/mol. The zero-order chi connectivity index (χ0) is 12.4. The van der Waals surface area contributed by atoms with E-state index in [0.29, 0.717) is 0 Å². The molecule has 0 fully saturated rings. The van der Waals surface area contributed by atoms with E-state index in [4.69, 9.17) is 11.6 Å².